The second kappa shape index (κ2) is 12.9. The molecule has 0 aromatic rings. The predicted molar refractivity (Wildman–Crippen MR) is 89.2 cm³/mol. The van der Waals surface area contributed by atoms with E-state index in [4.69, 9.17) is 13.8 Å². The van der Waals surface area contributed by atoms with E-state index in [0.717, 1.165) is 38.5 Å². The molecule has 0 amide bonds. The van der Waals surface area contributed by atoms with Crippen LogP contribution in [0.25, 0.3) is 0 Å². The lowest BCUT2D eigenvalue weighted by molar-refractivity contribution is -0.139. The first-order valence-corrected chi connectivity index (χ1v) is 9.88. The summed E-state index contributed by atoms with van der Waals surface area (Å²) < 4.78 is 28.3. The average Bonchev–Trinajstić information content (AvgIpc) is 2.50. The van der Waals surface area contributed by atoms with Gasteiger partial charge in [0.05, 0.1) is 26.0 Å². The molecule has 22 heavy (non-hydrogen) atoms. The lowest BCUT2D eigenvalue weighted by Gasteiger charge is -2.18. The van der Waals surface area contributed by atoms with Crippen LogP contribution in [0.4, 0.5) is 0 Å². The number of carbonyl (C=O) groups excluding carboxylic acids is 1. The highest BCUT2D eigenvalue weighted by atomic mass is 31.2. The SMILES string of the molecule is C=C(C)C(=O)OCCCCCCP(=O)(OCCC)OCCC. The Morgan fingerprint density at radius 2 is 1.50 bits per heavy atom. The maximum atomic E-state index is 12.5. The van der Waals surface area contributed by atoms with Crippen LogP contribution >= 0.6 is 7.60 Å². The number of rotatable bonds is 14. The van der Waals surface area contributed by atoms with E-state index in [0.29, 0.717) is 31.6 Å². The standard InChI is InChI=1S/C16H31O5P/c1-5-11-20-22(18,21-12-6-2)14-10-8-7-9-13-19-16(17)15(3)4/h3,5-14H2,1-2,4H3. The number of hydrogen-bond donors (Lipinski definition) is 0. The molecule has 0 unspecified atom stereocenters. The molecule has 130 valence electrons. The van der Waals surface area contributed by atoms with Gasteiger partial charge in [-0.15, -0.1) is 0 Å². The fourth-order valence-corrected chi connectivity index (χ4v) is 3.54. The van der Waals surface area contributed by atoms with E-state index in [1.807, 2.05) is 13.8 Å². The summed E-state index contributed by atoms with van der Waals surface area (Å²) in [6.45, 7) is 10.5. The molecule has 5 nitrogen and oxygen atoms in total. The fraction of sp³-hybridized carbons (Fsp3) is 0.812. The van der Waals surface area contributed by atoms with Gasteiger partial charge in [0.25, 0.3) is 0 Å². The van der Waals surface area contributed by atoms with Crippen LogP contribution in [0.2, 0.25) is 0 Å². The predicted octanol–water partition coefficient (Wildman–Crippen LogP) is 4.71. The van der Waals surface area contributed by atoms with E-state index >= 15 is 0 Å². The molecule has 0 radical (unpaired) electrons. The molecule has 0 N–H and O–H groups in total. The summed E-state index contributed by atoms with van der Waals surface area (Å²) in [5.74, 6) is -0.342. The zero-order valence-electron chi connectivity index (χ0n) is 14.3. The summed E-state index contributed by atoms with van der Waals surface area (Å²) in [6.07, 6.45) is 5.54. The van der Waals surface area contributed by atoms with Crippen LogP contribution in [-0.4, -0.2) is 32.0 Å². The van der Waals surface area contributed by atoms with Gasteiger partial charge in [0.2, 0.25) is 0 Å². The molecule has 6 heteroatoms. The maximum Gasteiger partial charge on any atom is 0.333 e. The third kappa shape index (κ3) is 11.0. The quantitative estimate of drug-likeness (QED) is 0.199. The minimum atomic E-state index is -2.93. The van der Waals surface area contributed by atoms with Gasteiger partial charge in [-0.25, -0.2) is 4.79 Å². The summed E-state index contributed by atoms with van der Waals surface area (Å²) in [7, 11) is -2.93. The van der Waals surface area contributed by atoms with Crippen LogP contribution in [0, 0.1) is 0 Å². The van der Waals surface area contributed by atoms with Gasteiger partial charge >= 0.3 is 13.6 Å². The monoisotopic (exact) mass is 334 g/mol. The van der Waals surface area contributed by atoms with Crippen molar-refractivity contribution in [2.24, 2.45) is 0 Å². The number of carbonyl (C=O) groups is 1. The third-order valence-electron chi connectivity index (χ3n) is 2.89. The van der Waals surface area contributed by atoms with Gasteiger partial charge < -0.3 is 13.8 Å². The lowest BCUT2D eigenvalue weighted by atomic mass is 10.2. The van der Waals surface area contributed by atoms with E-state index in [-0.39, 0.29) is 5.97 Å². The number of esters is 1. The molecule has 0 saturated heterocycles. The van der Waals surface area contributed by atoms with Crippen LogP contribution in [0.15, 0.2) is 12.2 Å². The minimum Gasteiger partial charge on any atom is -0.462 e. The maximum absolute atomic E-state index is 12.5. The van der Waals surface area contributed by atoms with Crippen molar-refractivity contribution in [3.63, 3.8) is 0 Å². The van der Waals surface area contributed by atoms with Crippen LogP contribution < -0.4 is 0 Å². The molecule has 0 aliphatic rings. The van der Waals surface area contributed by atoms with Crippen molar-refractivity contribution in [3.05, 3.63) is 12.2 Å². The minimum absolute atomic E-state index is 0.342. The van der Waals surface area contributed by atoms with Crippen LogP contribution in [0.3, 0.4) is 0 Å². The Kier molecular flexibility index (Phi) is 12.5. The van der Waals surface area contributed by atoms with E-state index in [1.165, 1.54) is 0 Å². The zero-order valence-corrected chi connectivity index (χ0v) is 15.2. The third-order valence-corrected chi connectivity index (χ3v) is 4.91. The van der Waals surface area contributed by atoms with Crippen molar-refractivity contribution in [2.45, 2.75) is 59.3 Å². The molecule has 0 bridgehead atoms. The van der Waals surface area contributed by atoms with Gasteiger partial charge in [0.1, 0.15) is 0 Å². The summed E-state index contributed by atoms with van der Waals surface area (Å²) in [5.41, 5.74) is 0.419. The Hall–Kier alpha value is -0.640. The Bertz CT molecular complexity index is 356. The van der Waals surface area contributed by atoms with Crippen LogP contribution in [0.1, 0.15) is 59.3 Å². The van der Waals surface area contributed by atoms with Crippen LogP contribution in [0.5, 0.6) is 0 Å². The molecule has 0 heterocycles. The Morgan fingerprint density at radius 3 is 2.00 bits per heavy atom. The molecule has 0 atom stereocenters. The molecule has 0 rings (SSSR count). The summed E-state index contributed by atoms with van der Waals surface area (Å²) in [5, 5.41) is 0. The van der Waals surface area contributed by atoms with Gasteiger partial charge in [0, 0.05) is 5.57 Å². The van der Waals surface area contributed by atoms with Crippen LogP contribution in [-0.2, 0) is 23.1 Å². The number of unbranched alkanes of at least 4 members (excludes halogenated alkanes) is 3. The molecular weight excluding hydrogens is 303 g/mol. The lowest BCUT2D eigenvalue weighted by Crippen LogP contribution is -2.06. The first kappa shape index (κ1) is 21.4. The van der Waals surface area contributed by atoms with E-state index in [2.05, 4.69) is 6.58 Å². The van der Waals surface area contributed by atoms with E-state index in [9.17, 15) is 9.36 Å². The van der Waals surface area contributed by atoms with Crippen molar-refractivity contribution in [2.75, 3.05) is 26.0 Å². The Balaban J connectivity index is 3.81. The molecular formula is C16H31O5P. The second-order valence-electron chi connectivity index (χ2n) is 5.33. The second-order valence-corrected chi connectivity index (χ2v) is 7.52. The molecule has 0 aromatic carbocycles. The van der Waals surface area contributed by atoms with Gasteiger partial charge in [0.15, 0.2) is 0 Å². The van der Waals surface area contributed by atoms with Crippen molar-refractivity contribution in [1.29, 1.82) is 0 Å². The van der Waals surface area contributed by atoms with Crippen molar-refractivity contribution in [1.82, 2.24) is 0 Å². The molecule has 0 fully saturated rings. The Morgan fingerprint density at radius 1 is 0.955 bits per heavy atom. The Labute approximate surface area is 134 Å². The number of hydrogen-bond acceptors (Lipinski definition) is 5. The number of ether oxygens (including phenoxy) is 1. The van der Waals surface area contributed by atoms with E-state index < -0.39 is 7.60 Å². The van der Waals surface area contributed by atoms with Gasteiger partial charge in [-0.05, 0) is 32.6 Å². The van der Waals surface area contributed by atoms with Crippen molar-refractivity contribution < 1.29 is 23.1 Å². The molecule has 0 spiro atoms. The smallest absolute Gasteiger partial charge is 0.333 e. The summed E-state index contributed by atoms with van der Waals surface area (Å²) in [4.78, 5) is 11.2. The normalized spacial score (nSPS) is 11.4. The highest BCUT2D eigenvalue weighted by Crippen LogP contribution is 2.49. The topological polar surface area (TPSA) is 61.8 Å². The first-order chi connectivity index (χ1) is 10.4. The zero-order chi connectivity index (χ0) is 16.8. The molecule has 0 aromatic heterocycles. The highest BCUT2D eigenvalue weighted by molar-refractivity contribution is 7.53. The molecule has 0 aliphatic heterocycles. The van der Waals surface area contributed by atoms with Crippen molar-refractivity contribution >= 4 is 13.6 Å². The van der Waals surface area contributed by atoms with E-state index in [1.54, 1.807) is 6.92 Å². The first-order valence-electron chi connectivity index (χ1n) is 8.16. The van der Waals surface area contributed by atoms with Gasteiger partial charge in [-0.1, -0.05) is 33.3 Å². The molecule has 0 aliphatic carbocycles. The fourth-order valence-electron chi connectivity index (χ4n) is 1.68. The largest absolute Gasteiger partial charge is 0.462 e. The summed E-state index contributed by atoms with van der Waals surface area (Å²) in [6, 6.07) is 0. The average molecular weight is 334 g/mol. The van der Waals surface area contributed by atoms with Gasteiger partial charge in [-0.3, -0.25) is 4.57 Å². The highest BCUT2D eigenvalue weighted by Gasteiger charge is 2.23. The molecule has 0 saturated carbocycles. The van der Waals surface area contributed by atoms with Gasteiger partial charge in [-0.2, -0.15) is 0 Å². The van der Waals surface area contributed by atoms with Crippen molar-refractivity contribution in [3.8, 4) is 0 Å². The summed E-state index contributed by atoms with van der Waals surface area (Å²) >= 11 is 0.